The molecular weight excluding hydrogens is 462 g/mol. The number of benzene rings is 3. The van der Waals surface area contributed by atoms with Crippen molar-refractivity contribution in [3.8, 4) is 0 Å². The fraction of sp³-hybridized carbons (Fsp3) is 0.419. The van der Waals surface area contributed by atoms with E-state index in [1.165, 1.54) is 10.4 Å². The van der Waals surface area contributed by atoms with Gasteiger partial charge in [-0.25, -0.2) is 0 Å². The van der Waals surface area contributed by atoms with Gasteiger partial charge in [-0.2, -0.15) is 0 Å². The first-order valence-electron chi connectivity index (χ1n) is 13.2. The summed E-state index contributed by atoms with van der Waals surface area (Å²) in [7, 11) is -2.76. The highest BCUT2D eigenvalue weighted by Gasteiger charge is 2.50. The summed E-state index contributed by atoms with van der Waals surface area (Å²) in [6.07, 6.45) is 0.497. The molecule has 1 aliphatic rings. The highest BCUT2D eigenvalue weighted by atomic mass is 28.4. The van der Waals surface area contributed by atoms with E-state index in [0.717, 1.165) is 30.8 Å². The number of hydrogen-bond donors (Lipinski definition) is 2. The Morgan fingerprint density at radius 1 is 0.861 bits per heavy atom. The first-order chi connectivity index (χ1) is 17.2. The second-order valence-corrected chi connectivity index (χ2v) is 15.3. The predicted molar refractivity (Wildman–Crippen MR) is 150 cm³/mol. The van der Waals surface area contributed by atoms with Gasteiger partial charge in [0.15, 0.2) is 0 Å². The average Bonchev–Trinajstić information content (AvgIpc) is 2.90. The van der Waals surface area contributed by atoms with Crippen molar-refractivity contribution in [1.82, 2.24) is 4.90 Å². The maximum Gasteiger partial charge on any atom is 0.261 e. The Balaban J connectivity index is 1.68. The van der Waals surface area contributed by atoms with E-state index in [1.807, 2.05) is 36.4 Å². The number of rotatable bonds is 8. The van der Waals surface area contributed by atoms with E-state index in [2.05, 4.69) is 81.1 Å². The molecule has 192 valence electrons. The van der Waals surface area contributed by atoms with Gasteiger partial charge in [0.1, 0.15) is 6.10 Å². The first-order valence-corrected chi connectivity index (χ1v) is 15.1. The summed E-state index contributed by atoms with van der Waals surface area (Å²) in [6, 6.07) is 28.8. The molecule has 0 amide bonds. The van der Waals surface area contributed by atoms with Crippen LogP contribution < -0.4 is 10.4 Å². The molecule has 1 atom stereocenters. The molecular formula is C31H41NO3Si. The SMILES string of the molecule is CCN1CCC(O)(c2ccccc2C(O)CO[Si](c2ccccc2)(c2ccccc2)C(C)(C)C)CC1. The molecule has 1 aliphatic heterocycles. The van der Waals surface area contributed by atoms with Gasteiger partial charge in [0.25, 0.3) is 8.32 Å². The molecule has 1 saturated heterocycles. The smallest absolute Gasteiger partial charge is 0.261 e. The Labute approximate surface area is 217 Å². The van der Waals surface area contributed by atoms with Crippen LogP contribution in [0.5, 0.6) is 0 Å². The second kappa shape index (κ2) is 11.0. The van der Waals surface area contributed by atoms with Crippen molar-refractivity contribution in [1.29, 1.82) is 0 Å². The summed E-state index contributed by atoms with van der Waals surface area (Å²) in [5, 5.41) is 25.4. The maximum absolute atomic E-state index is 11.6. The first kappa shape index (κ1) is 26.8. The lowest BCUT2D eigenvalue weighted by molar-refractivity contribution is -0.0276. The van der Waals surface area contributed by atoms with E-state index in [4.69, 9.17) is 4.43 Å². The Morgan fingerprint density at radius 3 is 1.86 bits per heavy atom. The molecule has 36 heavy (non-hydrogen) atoms. The van der Waals surface area contributed by atoms with Crippen molar-refractivity contribution in [2.24, 2.45) is 0 Å². The van der Waals surface area contributed by atoms with Crippen LogP contribution in [0.3, 0.4) is 0 Å². The fourth-order valence-corrected chi connectivity index (χ4v) is 10.3. The van der Waals surface area contributed by atoms with Crippen LogP contribution in [0.4, 0.5) is 0 Å². The number of piperidine rings is 1. The van der Waals surface area contributed by atoms with Crippen LogP contribution in [0.1, 0.15) is 57.8 Å². The molecule has 2 N–H and O–H groups in total. The molecule has 3 aromatic rings. The van der Waals surface area contributed by atoms with Crippen LogP contribution in [0.2, 0.25) is 5.04 Å². The molecule has 0 aliphatic carbocycles. The van der Waals surface area contributed by atoms with Crippen molar-refractivity contribution in [2.45, 2.75) is 57.3 Å². The fourth-order valence-electron chi connectivity index (χ4n) is 5.78. The zero-order chi connectivity index (χ0) is 25.8. The van der Waals surface area contributed by atoms with Crippen molar-refractivity contribution < 1.29 is 14.6 Å². The van der Waals surface area contributed by atoms with Crippen LogP contribution in [-0.2, 0) is 10.0 Å². The lowest BCUT2D eigenvalue weighted by Crippen LogP contribution is -2.66. The van der Waals surface area contributed by atoms with Gasteiger partial charge < -0.3 is 19.5 Å². The minimum atomic E-state index is -2.76. The van der Waals surface area contributed by atoms with Gasteiger partial charge in [-0.05, 0) is 45.9 Å². The van der Waals surface area contributed by atoms with Gasteiger partial charge in [0.2, 0.25) is 0 Å². The largest absolute Gasteiger partial charge is 0.404 e. The maximum atomic E-state index is 11.6. The zero-order valence-electron chi connectivity index (χ0n) is 22.2. The van der Waals surface area contributed by atoms with E-state index in [0.29, 0.717) is 12.8 Å². The Morgan fingerprint density at radius 2 is 1.36 bits per heavy atom. The minimum Gasteiger partial charge on any atom is -0.404 e. The van der Waals surface area contributed by atoms with Gasteiger partial charge in [0, 0.05) is 13.1 Å². The lowest BCUT2D eigenvalue weighted by Gasteiger charge is -2.43. The number of nitrogens with zero attached hydrogens (tertiary/aromatic N) is 1. The summed E-state index contributed by atoms with van der Waals surface area (Å²) in [5.74, 6) is 0. The quantitative estimate of drug-likeness (QED) is 0.441. The molecule has 0 spiro atoms. The molecule has 1 unspecified atom stereocenters. The average molecular weight is 504 g/mol. The lowest BCUT2D eigenvalue weighted by atomic mass is 9.81. The Hall–Kier alpha value is -2.28. The molecule has 0 aromatic heterocycles. The molecule has 0 saturated carbocycles. The van der Waals surface area contributed by atoms with Gasteiger partial charge >= 0.3 is 0 Å². The molecule has 1 fully saturated rings. The molecule has 1 heterocycles. The van der Waals surface area contributed by atoms with Crippen molar-refractivity contribution in [2.75, 3.05) is 26.2 Å². The Bertz CT molecular complexity index is 1070. The van der Waals surface area contributed by atoms with E-state index in [9.17, 15) is 10.2 Å². The third-order valence-electron chi connectivity index (χ3n) is 7.83. The summed E-state index contributed by atoms with van der Waals surface area (Å²) in [5.41, 5.74) is 0.669. The summed E-state index contributed by atoms with van der Waals surface area (Å²) in [6.45, 7) is 11.8. The van der Waals surface area contributed by atoms with E-state index < -0.39 is 20.0 Å². The molecule has 0 bridgehead atoms. The Kier molecular flexibility index (Phi) is 8.17. The normalized spacial score (nSPS) is 17.6. The van der Waals surface area contributed by atoms with Crippen LogP contribution in [0, 0.1) is 0 Å². The summed E-state index contributed by atoms with van der Waals surface area (Å²) >= 11 is 0. The highest BCUT2D eigenvalue weighted by molar-refractivity contribution is 6.99. The van der Waals surface area contributed by atoms with Crippen LogP contribution >= 0.6 is 0 Å². The monoisotopic (exact) mass is 503 g/mol. The molecule has 5 heteroatoms. The topological polar surface area (TPSA) is 52.9 Å². The second-order valence-electron chi connectivity index (χ2n) is 11.0. The molecule has 0 radical (unpaired) electrons. The van der Waals surface area contributed by atoms with Gasteiger partial charge in [-0.15, -0.1) is 0 Å². The predicted octanol–water partition coefficient (Wildman–Crippen LogP) is 4.60. The van der Waals surface area contributed by atoms with Crippen molar-refractivity contribution in [3.63, 3.8) is 0 Å². The number of aliphatic hydroxyl groups is 2. The highest BCUT2D eigenvalue weighted by Crippen LogP contribution is 2.39. The number of aliphatic hydroxyl groups excluding tert-OH is 1. The van der Waals surface area contributed by atoms with E-state index >= 15 is 0 Å². The standard InChI is InChI=1S/C31H41NO3Si/c1-5-32-22-20-31(34,21-23-32)28-19-13-12-18-27(28)29(33)24-35-36(30(2,3)4,25-14-8-6-9-15-25)26-16-10-7-11-17-26/h6-19,29,33-34H,5,20-24H2,1-4H3. The molecule has 3 aromatic carbocycles. The van der Waals surface area contributed by atoms with Crippen molar-refractivity contribution in [3.05, 3.63) is 96.1 Å². The van der Waals surface area contributed by atoms with E-state index in [1.54, 1.807) is 0 Å². The number of hydrogen-bond acceptors (Lipinski definition) is 4. The van der Waals surface area contributed by atoms with Crippen molar-refractivity contribution >= 4 is 18.7 Å². The molecule has 4 nitrogen and oxygen atoms in total. The van der Waals surface area contributed by atoms with Crippen LogP contribution in [-0.4, -0.2) is 49.7 Å². The van der Waals surface area contributed by atoms with Crippen LogP contribution in [0.25, 0.3) is 0 Å². The third-order valence-corrected chi connectivity index (χ3v) is 12.8. The molecule has 4 rings (SSSR count). The van der Waals surface area contributed by atoms with Gasteiger partial charge in [-0.1, -0.05) is 113 Å². The van der Waals surface area contributed by atoms with Gasteiger partial charge in [-0.3, -0.25) is 0 Å². The summed E-state index contributed by atoms with van der Waals surface area (Å²) < 4.78 is 6.99. The number of likely N-dealkylation sites (tertiary alicyclic amines) is 1. The third kappa shape index (κ3) is 5.22. The van der Waals surface area contributed by atoms with E-state index in [-0.39, 0.29) is 11.6 Å². The zero-order valence-corrected chi connectivity index (χ0v) is 23.2. The van der Waals surface area contributed by atoms with Gasteiger partial charge in [0.05, 0.1) is 12.2 Å². The minimum absolute atomic E-state index is 0.167. The van der Waals surface area contributed by atoms with Crippen LogP contribution in [0.15, 0.2) is 84.9 Å². The summed E-state index contributed by atoms with van der Waals surface area (Å²) in [4.78, 5) is 2.36.